The predicted molar refractivity (Wildman–Crippen MR) is 131 cm³/mol. The van der Waals surface area contributed by atoms with E-state index in [4.69, 9.17) is 11.6 Å². The molecule has 0 spiro atoms. The Hall–Kier alpha value is -3.39. The fourth-order valence-corrected chi connectivity index (χ4v) is 3.46. The lowest BCUT2D eigenvalue weighted by molar-refractivity contribution is 0.0943. The summed E-state index contributed by atoms with van der Waals surface area (Å²) in [5.74, 6) is -0.0515. The van der Waals surface area contributed by atoms with Gasteiger partial charge in [-0.3, -0.25) is 9.36 Å². The summed E-state index contributed by atoms with van der Waals surface area (Å²) in [4.78, 5) is 42.1. The van der Waals surface area contributed by atoms with Crippen LogP contribution < -0.4 is 22.0 Å². The number of benzene rings is 1. The van der Waals surface area contributed by atoms with Crippen LogP contribution in [-0.2, 0) is 6.54 Å². The number of rotatable bonds is 7. The lowest BCUT2D eigenvalue weighted by Crippen LogP contribution is -2.43. The van der Waals surface area contributed by atoms with Gasteiger partial charge in [0, 0.05) is 28.4 Å². The standard InChI is InChI=1S/C24H28ClN5O3/c1-15(2)26-21(31)18-9-12-20(13-10-18)27-22-28-23(32)30(16(3)4)24(33)29(22)14-17-6-5-7-19(25)11-8-17/h6-13,15-16H,5,14H2,1-4H3,(H,26,31)(H,27,28,32). The molecule has 0 bridgehead atoms. The summed E-state index contributed by atoms with van der Waals surface area (Å²) in [6, 6.07) is 6.43. The fourth-order valence-electron chi connectivity index (χ4n) is 3.31. The van der Waals surface area contributed by atoms with Gasteiger partial charge in [0.15, 0.2) is 0 Å². The second-order valence-corrected chi connectivity index (χ2v) is 8.75. The van der Waals surface area contributed by atoms with Crippen molar-refractivity contribution in [1.29, 1.82) is 0 Å². The number of nitrogens with zero attached hydrogens (tertiary/aromatic N) is 3. The molecule has 0 radical (unpaired) electrons. The molecule has 9 heteroatoms. The molecule has 3 rings (SSSR count). The van der Waals surface area contributed by atoms with E-state index in [1.165, 1.54) is 4.57 Å². The number of hydrogen-bond acceptors (Lipinski definition) is 5. The SMILES string of the molecule is CC(C)NC(=O)c1ccc(Nc2nc(=O)n(C(C)C)c(=O)n2CC2=CCC=C(Cl)C=C2)cc1. The Balaban J connectivity index is 1.96. The average Bonchev–Trinajstić information content (AvgIpc) is 2.94. The van der Waals surface area contributed by atoms with Gasteiger partial charge in [0.25, 0.3) is 5.91 Å². The maximum Gasteiger partial charge on any atom is 0.355 e. The van der Waals surface area contributed by atoms with Crippen molar-refractivity contribution < 1.29 is 4.79 Å². The molecule has 1 aliphatic rings. The highest BCUT2D eigenvalue weighted by molar-refractivity contribution is 6.31. The average molecular weight is 470 g/mol. The minimum absolute atomic E-state index is 0.0267. The Morgan fingerprint density at radius 1 is 1.09 bits per heavy atom. The number of hydrogen-bond donors (Lipinski definition) is 2. The van der Waals surface area contributed by atoms with Crippen LogP contribution in [0, 0.1) is 0 Å². The van der Waals surface area contributed by atoms with Gasteiger partial charge in [0.2, 0.25) is 5.95 Å². The van der Waals surface area contributed by atoms with Gasteiger partial charge in [-0.05, 0) is 70.0 Å². The second kappa shape index (κ2) is 10.5. The van der Waals surface area contributed by atoms with Crippen LogP contribution in [0.25, 0.3) is 0 Å². The number of amides is 1. The van der Waals surface area contributed by atoms with Gasteiger partial charge in [-0.25, -0.2) is 14.2 Å². The Morgan fingerprint density at radius 2 is 1.79 bits per heavy atom. The summed E-state index contributed by atoms with van der Waals surface area (Å²) >= 11 is 6.08. The summed E-state index contributed by atoms with van der Waals surface area (Å²) in [6.45, 7) is 7.52. The van der Waals surface area contributed by atoms with Crippen molar-refractivity contribution in [2.75, 3.05) is 5.32 Å². The smallest absolute Gasteiger partial charge is 0.350 e. The lowest BCUT2D eigenvalue weighted by atomic mass is 10.2. The highest BCUT2D eigenvalue weighted by Crippen LogP contribution is 2.18. The zero-order valence-corrected chi connectivity index (χ0v) is 19.9. The maximum absolute atomic E-state index is 13.2. The molecule has 0 unspecified atom stereocenters. The summed E-state index contributed by atoms with van der Waals surface area (Å²) in [6.07, 6.45) is 8.09. The summed E-state index contributed by atoms with van der Waals surface area (Å²) in [5, 5.41) is 6.52. The Labute approximate surface area is 197 Å². The molecule has 174 valence electrons. The number of aromatic nitrogens is 3. The highest BCUT2D eigenvalue weighted by Gasteiger charge is 2.17. The van der Waals surface area contributed by atoms with Crippen molar-refractivity contribution in [2.24, 2.45) is 0 Å². The maximum atomic E-state index is 13.2. The molecule has 0 atom stereocenters. The summed E-state index contributed by atoms with van der Waals surface area (Å²) in [7, 11) is 0. The molecular formula is C24H28ClN5O3. The molecule has 1 aliphatic carbocycles. The molecule has 0 fully saturated rings. The first-order chi connectivity index (χ1) is 15.7. The van der Waals surface area contributed by atoms with Crippen LogP contribution in [0.3, 0.4) is 0 Å². The van der Waals surface area contributed by atoms with Crippen LogP contribution in [0.4, 0.5) is 11.6 Å². The molecule has 2 N–H and O–H groups in total. The first-order valence-corrected chi connectivity index (χ1v) is 11.2. The van der Waals surface area contributed by atoms with Gasteiger partial charge in [0.1, 0.15) is 0 Å². The molecule has 2 aromatic rings. The molecule has 8 nitrogen and oxygen atoms in total. The fraction of sp³-hybridized carbons (Fsp3) is 0.333. The number of carbonyl (C=O) groups is 1. The van der Waals surface area contributed by atoms with E-state index in [1.807, 2.05) is 32.1 Å². The van der Waals surface area contributed by atoms with Crippen molar-refractivity contribution in [3.05, 3.63) is 85.7 Å². The molecule has 1 amide bonds. The van der Waals surface area contributed by atoms with E-state index in [1.54, 1.807) is 44.2 Å². The van der Waals surface area contributed by atoms with Gasteiger partial charge in [-0.15, -0.1) is 0 Å². The lowest BCUT2D eigenvalue weighted by Gasteiger charge is -2.17. The Bertz CT molecular complexity index is 1230. The van der Waals surface area contributed by atoms with Crippen LogP contribution >= 0.6 is 11.6 Å². The van der Waals surface area contributed by atoms with Crippen molar-refractivity contribution in [3.8, 4) is 0 Å². The minimum atomic E-state index is -0.628. The van der Waals surface area contributed by atoms with Crippen LogP contribution in [0.5, 0.6) is 0 Å². The first-order valence-electron chi connectivity index (χ1n) is 10.8. The van der Waals surface area contributed by atoms with E-state index in [2.05, 4.69) is 15.6 Å². The molecule has 1 aromatic heterocycles. The van der Waals surface area contributed by atoms with E-state index in [9.17, 15) is 14.4 Å². The van der Waals surface area contributed by atoms with Gasteiger partial charge < -0.3 is 10.6 Å². The third kappa shape index (κ3) is 6.10. The van der Waals surface area contributed by atoms with E-state index < -0.39 is 11.4 Å². The number of anilines is 2. The number of carbonyl (C=O) groups excluding carboxylic acids is 1. The molecule has 0 saturated heterocycles. The zero-order chi connectivity index (χ0) is 24.1. The summed E-state index contributed by atoms with van der Waals surface area (Å²) < 4.78 is 2.55. The molecule has 1 heterocycles. The molecular weight excluding hydrogens is 442 g/mol. The normalized spacial score (nSPS) is 13.5. The van der Waals surface area contributed by atoms with Crippen LogP contribution in [0.2, 0.25) is 0 Å². The van der Waals surface area contributed by atoms with Gasteiger partial charge >= 0.3 is 11.4 Å². The van der Waals surface area contributed by atoms with Crippen molar-refractivity contribution in [1.82, 2.24) is 19.4 Å². The Morgan fingerprint density at radius 3 is 2.42 bits per heavy atom. The third-order valence-electron chi connectivity index (χ3n) is 4.93. The molecule has 33 heavy (non-hydrogen) atoms. The van der Waals surface area contributed by atoms with E-state index in [-0.39, 0.29) is 30.5 Å². The zero-order valence-electron chi connectivity index (χ0n) is 19.1. The second-order valence-electron chi connectivity index (χ2n) is 8.32. The van der Waals surface area contributed by atoms with Gasteiger partial charge in [0.05, 0.1) is 6.54 Å². The first kappa shape index (κ1) is 24.3. The largest absolute Gasteiger partial charge is 0.355 e. The highest BCUT2D eigenvalue weighted by atomic mass is 35.5. The minimum Gasteiger partial charge on any atom is -0.350 e. The van der Waals surface area contributed by atoms with Crippen molar-refractivity contribution in [2.45, 2.75) is 52.7 Å². The number of halogens is 1. The van der Waals surface area contributed by atoms with Crippen LogP contribution in [-0.4, -0.2) is 26.1 Å². The molecule has 1 aromatic carbocycles. The van der Waals surface area contributed by atoms with Crippen LogP contribution in [0.1, 0.15) is 50.5 Å². The van der Waals surface area contributed by atoms with Crippen molar-refractivity contribution in [3.63, 3.8) is 0 Å². The number of nitrogens with one attached hydrogen (secondary N) is 2. The Kier molecular flexibility index (Phi) is 7.71. The monoisotopic (exact) mass is 469 g/mol. The van der Waals surface area contributed by atoms with Crippen LogP contribution in [0.15, 0.2) is 68.8 Å². The predicted octanol–water partition coefficient (Wildman–Crippen LogP) is 3.88. The number of allylic oxidation sites excluding steroid dienone is 6. The molecule has 0 aliphatic heterocycles. The topological polar surface area (TPSA) is 98.0 Å². The molecule has 0 saturated carbocycles. The van der Waals surface area contributed by atoms with Gasteiger partial charge in [-0.2, -0.15) is 4.98 Å². The van der Waals surface area contributed by atoms with Gasteiger partial charge in [-0.1, -0.05) is 29.8 Å². The summed E-state index contributed by atoms with van der Waals surface area (Å²) in [5.41, 5.74) is 0.875. The van der Waals surface area contributed by atoms with E-state index in [0.717, 1.165) is 10.1 Å². The van der Waals surface area contributed by atoms with Crippen molar-refractivity contribution >= 4 is 29.1 Å². The third-order valence-corrected chi connectivity index (χ3v) is 5.21. The quantitative estimate of drug-likeness (QED) is 0.641. The van der Waals surface area contributed by atoms with E-state index >= 15 is 0 Å². The van der Waals surface area contributed by atoms with E-state index in [0.29, 0.717) is 22.7 Å².